The largest absolute Gasteiger partial charge is 0.273 e. The first-order valence-corrected chi connectivity index (χ1v) is 8.90. The highest BCUT2D eigenvalue weighted by molar-refractivity contribution is 7.89. The van der Waals surface area contributed by atoms with Gasteiger partial charge >= 0.3 is 0 Å². The molecule has 22 heavy (non-hydrogen) atoms. The normalized spacial score (nSPS) is 22.7. The lowest BCUT2D eigenvalue weighted by Crippen LogP contribution is -2.39. The number of hydrogen-bond donors (Lipinski definition) is 0. The average molecular weight is 326 g/mol. The van der Waals surface area contributed by atoms with Gasteiger partial charge < -0.3 is 0 Å². The lowest BCUT2D eigenvalue weighted by molar-refractivity contribution is -0.385. The molecule has 1 aliphatic carbocycles. The SMILES string of the molecule is Cc1ccc(S(=O)(=O)N(C)C2CCC(C)CC2)cc1[N+](=O)[O-]. The van der Waals surface area contributed by atoms with Crippen LogP contribution in [0.25, 0.3) is 0 Å². The van der Waals surface area contributed by atoms with Crippen LogP contribution in [0.15, 0.2) is 23.1 Å². The molecule has 1 aromatic carbocycles. The molecule has 1 fully saturated rings. The molecular weight excluding hydrogens is 304 g/mol. The number of benzene rings is 1. The molecular formula is C15H22N2O4S. The minimum atomic E-state index is -3.70. The Bertz CT molecular complexity index is 664. The van der Waals surface area contributed by atoms with E-state index in [-0.39, 0.29) is 16.6 Å². The van der Waals surface area contributed by atoms with Crippen LogP contribution in [0, 0.1) is 23.0 Å². The molecule has 0 radical (unpaired) electrons. The minimum Gasteiger partial charge on any atom is -0.258 e. The van der Waals surface area contributed by atoms with Crippen molar-refractivity contribution in [3.63, 3.8) is 0 Å². The Kier molecular flexibility index (Phi) is 4.87. The molecule has 2 rings (SSSR count). The van der Waals surface area contributed by atoms with Crippen LogP contribution in [0.3, 0.4) is 0 Å². The summed E-state index contributed by atoms with van der Waals surface area (Å²) in [4.78, 5) is 10.5. The molecule has 0 heterocycles. The Morgan fingerprint density at radius 1 is 1.23 bits per heavy atom. The van der Waals surface area contributed by atoms with Gasteiger partial charge in [0.1, 0.15) is 0 Å². The molecule has 0 unspecified atom stereocenters. The number of rotatable bonds is 4. The van der Waals surface area contributed by atoms with Gasteiger partial charge in [-0.15, -0.1) is 0 Å². The van der Waals surface area contributed by atoms with Gasteiger partial charge in [-0.2, -0.15) is 4.31 Å². The summed E-state index contributed by atoms with van der Waals surface area (Å²) < 4.78 is 26.8. The lowest BCUT2D eigenvalue weighted by Gasteiger charge is -2.32. The first-order valence-electron chi connectivity index (χ1n) is 7.46. The van der Waals surface area contributed by atoms with E-state index in [0.29, 0.717) is 11.5 Å². The number of nitrogens with zero attached hydrogens (tertiary/aromatic N) is 2. The van der Waals surface area contributed by atoms with Crippen molar-refractivity contribution in [3.8, 4) is 0 Å². The van der Waals surface area contributed by atoms with Crippen LogP contribution in [-0.4, -0.2) is 30.7 Å². The molecule has 1 saturated carbocycles. The topological polar surface area (TPSA) is 80.5 Å². The molecule has 1 aromatic rings. The third-order valence-electron chi connectivity index (χ3n) is 4.55. The number of nitro groups is 1. The fraction of sp³-hybridized carbons (Fsp3) is 0.600. The van der Waals surface area contributed by atoms with Crippen LogP contribution in [0.4, 0.5) is 5.69 Å². The predicted octanol–water partition coefficient (Wildman–Crippen LogP) is 3.10. The maximum Gasteiger partial charge on any atom is 0.273 e. The lowest BCUT2D eigenvalue weighted by atomic mass is 9.87. The molecule has 0 aromatic heterocycles. The van der Waals surface area contributed by atoms with Gasteiger partial charge in [0.25, 0.3) is 5.69 Å². The van der Waals surface area contributed by atoms with Crippen molar-refractivity contribution in [1.29, 1.82) is 0 Å². The Labute approximate surface area is 131 Å². The second kappa shape index (κ2) is 6.34. The van der Waals surface area contributed by atoms with E-state index in [1.807, 2.05) is 0 Å². The van der Waals surface area contributed by atoms with E-state index in [1.54, 1.807) is 14.0 Å². The maximum absolute atomic E-state index is 12.7. The molecule has 0 atom stereocenters. The van der Waals surface area contributed by atoms with E-state index in [1.165, 1.54) is 16.4 Å². The van der Waals surface area contributed by atoms with Crippen LogP contribution in [0.2, 0.25) is 0 Å². The smallest absolute Gasteiger partial charge is 0.258 e. The van der Waals surface area contributed by atoms with Crippen molar-refractivity contribution < 1.29 is 13.3 Å². The summed E-state index contributed by atoms with van der Waals surface area (Å²) in [6, 6.07) is 4.06. The summed E-state index contributed by atoms with van der Waals surface area (Å²) in [5, 5.41) is 11.0. The van der Waals surface area contributed by atoms with Gasteiger partial charge in [-0.3, -0.25) is 10.1 Å². The first-order chi connectivity index (χ1) is 10.2. The number of aryl methyl sites for hydroxylation is 1. The second-order valence-electron chi connectivity index (χ2n) is 6.14. The molecule has 0 saturated heterocycles. The van der Waals surface area contributed by atoms with Crippen molar-refractivity contribution >= 4 is 15.7 Å². The Morgan fingerprint density at radius 2 is 1.82 bits per heavy atom. The van der Waals surface area contributed by atoms with E-state index >= 15 is 0 Å². The Balaban J connectivity index is 2.30. The molecule has 0 amide bonds. The molecule has 0 N–H and O–H groups in total. The van der Waals surface area contributed by atoms with Crippen LogP contribution in [-0.2, 0) is 10.0 Å². The number of nitro benzene ring substituents is 1. The summed E-state index contributed by atoms with van der Waals surface area (Å²) in [7, 11) is -2.13. The van der Waals surface area contributed by atoms with Crippen molar-refractivity contribution in [2.75, 3.05) is 7.05 Å². The van der Waals surface area contributed by atoms with Gasteiger partial charge in [-0.25, -0.2) is 8.42 Å². The first kappa shape index (κ1) is 16.9. The highest BCUT2D eigenvalue weighted by atomic mass is 32.2. The van der Waals surface area contributed by atoms with E-state index in [4.69, 9.17) is 0 Å². The van der Waals surface area contributed by atoms with Crippen molar-refractivity contribution in [3.05, 3.63) is 33.9 Å². The van der Waals surface area contributed by atoms with Crippen LogP contribution < -0.4 is 0 Å². The van der Waals surface area contributed by atoms with Gasteiger partial charge in [0.05, 0.1) is 9.82 Å². The zero-order valence-electron chi connectivity index (χ0n) is 13.2. The molecule has 0 aliphatic heterocycles. The Hall–Kier alpha value is -1.47. The van der Waals surface area contributed by atoms with Gasteiger partial charge in [0, 0.05) is 24.7 Å². The molecule has 0 spiro atoms. The zero-order chi connectivity index (χ0) is 16.5. The number of hydrogen-bond acceptors (Lipinski definition) is 4. The molecule has 0 bridgehead atoms. The van der Waals surface area contributed by atoms with Gasteiger partial charge in [-0.05, 0) is 44.6 Å². The fourth-order valence-electron chi connectivity index (χ4n) is 2.91. The van der Waals surface area contributed by atoms with Gasteiger partial charge in [0.15, 0.2) is 0 Å². The van der Waals surface area contributed by atoms with Gasteiger partial charge in [-0.1, -0.05) is 13.0 Å². The van der Waals surface area contributed by atoms with E-state index in [9.17, 15) is 18.5 Å². The summed E-state index contributed by atoms with van der Waals surface area (Å²) >= 11 is 0. The summed E-state index contributed by atoms with van der Waals surface area (Å²) in [6.45, 7) is 3.77. The quantitative estimate of drug-likeness (QED) is 0.629. The van der Waals surface area contributed by atoms with Crippen molar-refractivity contribution in [1.82, 2.24) is 4.31 Å². The van der Waals surface area contributed by atoms with E-state index in [0.717, 1.165) is 31.7 Å². The standard InChI is InChI=1S/C15H22N2O4S/c1-11-4-7-13(8-5-11)16(3)22(20,21)14-9-6-12(2)15(10-14)17(18)19/h6,9-11,13H,4-5,7-8H2,1-3H3. The minimum absolute atomic E-state index is 0.00841. The van der Waals surface area contributed by atoms with E-state index < -0.39 is 14.9 Å². The van der Waals surface area contributed by atoms with Crippen LogP contribution in [0.1, 0.15) is 38.2 Å². The highest BCUT2D eigenvalue weighted by Gasteiger charge is 2.31. The third-order valence-corrected chi connectivity index (χ3v) is 6.46. The summed E-state index contributed by atoms with van der Waals surface area (Å²) in [6.07, 6.45) is 3.70. The van der Waals surface area contributed by atoms with Crippen molar-refractivity contribution in [2.45, 2.75) is 50.5 Å². The molecule has 6 nitrogen and oxygen atoms in total. The van der Waals surface area contributed by atoms with Gasteiger partial charge in [0.2, 0.25) is 10.0 Å². The third kappa shape index (κ3) is 3.30. The van der Waals surface area contributed by atoms with Crippen LogP contribution in [0.5, 0.6) is 0 Å². The van der Waals surface area contributed by atoms with E-state index in [2.05, 4.69) is 6.92 Å². The van der Waals surface area contributed by atoms with Crippen LogP contribution >= 0.6 is 0 Å². The highest BCUT2D eigenvalue weighted by Crippen LogP contribution is 2.31. The fourth-order valence-corrected chi connectivity index (χ4v) is 4.35. The summed E-state index contributed by atoms with van der Waals surface area (Å²) in [5.74, 6) is 0.632. The molecule has 7 heteroatoms. The number of sulfonamides is 1. The summed E-state index contributed by atoms with van der Waals surface area (Å²) in [5.41, 5.74) is 0.296. The average Bonchev–Trinajstić information content (AvgIpc) is 2.47. The predicted molar refractivity (Wildman–Crippen MR) is 84.2 cm³/mol. The zero-order valence-corrected chi connectivity index (χ0v) is 14.0. The molecule has 1 aliphatic rings. The maximum atomic E-state index is 12.7. The monoisotopic (exact) mass is 326 g/mol. The second-order valence-corrected chi connectivity index (χ2v) is 8.14. The van der Waals surface area contributed by atoms with Crippen molar-refractivity contribution in [2.24, 2.45) is 5.92 Å². The Morgan fingerprint density at radius 3 is 2.36 bits per heavy atom. The molecule has 122 valence electrons.